The first-order valence-electron chi connectivity index (χ1n) is 8.49. The number of carbonyl (C=O) groups excluding carboxylic acids is 1. The zero-order chi connectivity index (χ0) is 17.1. The Morgan fingerprint density at radius 2 is 2.12 bits per heavy atom. The molecule has 130 valence electrons. The number of aryl methyl sites for hydroxylation is 1. The highest BCUT2D eigenvalue weighted by atomic mass is 16.5. The number of pyridine rings is 1. The Morgan fingerprint density at radius 1 is 1.38 bits per heavy atom. The average molecular weight is 331 g/mol. The summed E-state index contributed by atoms with van der Waals surface area (Å²) >= 11 is 0. The van der Waals surface area contributed by atoms with Crippen molar-refractivity contribution in [3.05, 3.63) is 23.5 Å². The van der Waals surface area contributed by atoms with Crippen molar-refractivity contribution in [2.24, 2.45) is 0 Å². The summed E-state index contributed by atoms with van der Waals surface area (Å²) in [6.07, 6.45) is 1.77. The fraction of sp³-hybridized carbons (Fsp3) is 0.588. The van der Waals surface area contributed by atoms with Crippen LogP contribution >= 0.6 is 0 Å². The largest absolute Gasteiger partial charge is 0.379 e. The Morgan fingerprint density at radius 3 is 2.83 bits per heavy atom. The molecule has 1 amide bonds. The van der Waals surface area contributed by atoms with Crippen LogP contribution in [0.2, 0.25) is 0 Å². The fourth-order valence-corrected chi connectivity index (χ4v) is 2.92. The van der Waals surface area contributed by atoms with Gasteiger partial charge in [-0.2, -0.15) is 5.10 Å². The molecule has 7 nitrogen and oxygen atoms in total. The number of rotatable bonds is 5. The van der Waals surface area contributed by atoms with Crippen LogP contribution in [-0.4, -0.2) is 65.0 Å². The van der Waals surface area contributed by atoms with E-state index in [1.165, 1.54) is 0 Å². The number of fused-ring (bicyclic) bond motifs is 1. The van der Waals surface area contributed by atoms with Crippen LogP contribution in [0.3, 0.4) is 0 Å². The summed E-state index contributed by atoms with van der Waals surface area (Å²) in [6.45, 7) is 10.9. The van der Waals surface area contributed by atoms with Crippen molar-refractivity contribution >= 4 is 16.9 Å². The molecular weight excluding hydrogens is 306 g/mol. The van der Waals surface area contributed by atoms with Gasteiger partial charge >= 0.3 is 0 Å². The monoisotopic (exact) mass is 331 g/mol. The first-order valence-corrected chi connectivity index (χ1v) is 8.49. The summed E-state index contributed by atoms with van der Waals surface area (Å²) in [5.74, 6) is -0.0764. The number of nitrogens with zero attached hydrogens (tertiary/aromatic N) is 4. The van der Waals surface area contributed by atoms with Crippen molar-refractivity contribution in [3.8, 4) is 0 Å². The van der Waals surface area contributed by atoms with E-state index < -0.39 is 0 Å². The molecule has 0 radical (unpaired) electrons. The van der Waals surface area contributed by atoms with Gasteiger partial charge in [0.25, 0.3) is 5.91 Å². The van der Waals surface area contributed by atoms with Crippen LogP contribution in [0, 0.1) is 6.92 Å². The van der Waals surface area contributed by atoms with Gasteiger partial charge in [0, 0.05) is 37.6 Å². The Labute approximate surface area is 142 Å². The number of ether oxygens (including phenoxy) is 1. The molecular formula is C17H25N5O2. The van der Waals surface area contributed by atoms with Gasteiger partial charge in [0.05, 0.1) is 30.7 Å². The standard InChI is InChI=1S/C17H25N5O2/c1-12(2)22-16-14(11-19-22)10-15(13(3)20-16)17(23)18-4-5-21-6-8-24-9-7-21/h10-12H,4-9H2,1-3H3,(H,18,23). The molecule has 3 heterocycles. The summed E-state index contributed by atoms with van der Waals surface area (Å²) in [5, 5.41) is 8.25. The maximum Gasteiger partial charge on any atom is 0.253 e. The van der Waals surface area contributed by atoms with E-state index in [4.69, 9.17) is 4.74 Å². The van der Waals surface area contributed by atoms with E-state index in [1.54, 1.807) is 6.20 Å². The summed E-state index contributed by atoms with van der Waals surface area (Å²) in [6, 6.07) is 2.12. The van der Waals surface area contributed by atoms with Crippen LogP contribution in [0.25, 0.3) is 11.0 Å². The highest BCUT2D eigenvalue weighted by Crippen LogP contribution is 2.19. The molecule has 2 aromatic rings. The third-order valence-electron chi connectivity index (χ3n) is 4.31. The predicted octanol–water partition coefficient (Wildman–Crippen LogP) is 1.38. The number of aromatic nitrogens is 3. The Balaban J connectivity index is 1.67. The van der Waals surface area contributed by atoms with Gasteiger partial charge < -0.3 is 10.1 Å². The van der Waals surface area contributed by atoms with Gasteiger partial charge in [-0.15, -0.1) is 0 Å². The van der Waals surface area contributed by atoms with Crippen LogP contribution < -0.4 is 5.32 Å². The zero-order valence-electron chi connectivity index (χ0n) is 14.6. The Kier molecular flexibility index (Phi) is 5.11. The van der Waals surface area contributed by atoms with E-state index in [2.05, 4.69) is 34.1 Å². The van der Waals surface area contributed by atoms with E-state index in [-0.39, 0.29) is 11.9 Å². The van der Waals surface area contributed by atoms with Crippen LogP contribution in [0.4, 0.5) is 0 Å². The van der Waals surface area contributed by atoms with Crippen LogP contribution in [-0.2, 0) is 4.74 Å². The lowest BCUT2D eigenvalue weighted by Gasteiger charge is -2.26. The number of morpholine rings is 1. The van der Waals surface area contributed by atoms with Crippen molar-refractivity contribution in [1.82, 2.24) is 25.0 Å². The van der Waals surface area contributed by atoms with Gasteiger partial charge in [0.2, 0.25) is 0 Å². The highest BCUT2D eigenvalue weighted by Gasteiger charge is 2.16. The number of hydrogen-bond acceptors (Lipinski definition) is 5. The van der Waals surface area contributed by atoms with Crippen LogP contribution in [0.1, 0.15) is 35.9 Å². The zero-order valence-corrected chi connectivity index (χ0v) is 14.6. The van der Waals surface area contributed by atoms with E-state index in [9.17, 15) is 4.79 Å². The normalized spacial score (nSPS) is 16.0. The molecule has 7 heteroatoms. The van der Waals surface area contributed by atoms with Gasteiger partial charge in [-0.25, -0.2) is 9.67 Å². The summed E-state index contributed by atoms with van der Waals surface area (Å²) in [4.78, 5) is 19.4. The number of amides is 1. The molecule has 1 aliphatic rings. The quantitative estimate of drug-likeness (QED) is 0.896. The predicted molar refractivity (Wildman–Crippen MR) is 92.2 cm³/mol. The molecule has 1 saturated heterocycles. The van der Waals surface area contributed by atoms with E-state index in [1.807, 2.05) is 17.7 Å². The molecule has 2 aromatic heterocycles. The minimum atomic E-state index is -0.0764. The molecule has 0 aromatic carbocycles. The number of nitrogens with one attached hydrogen (secondary N) is 1. The fourth-order valence-electron chi connectivity index (χ4n) is 2.92. The molecule has 1 aliphatic heterocycles. The topological polar surface area (TPSA) is 72.3 Å². The highest BCUT2D eigenvalue weighted by molar-refractivity contribution is 5.98. The molecule has 0 spiro atoms. The maximum absolute atomic E-state index is 12.5. The minimum Gasteiger partial charge on any atom is -0.379 e. The second kappa shape index (κ2) is 7.27. The lowest BCUT2D eigenvalue weighted by molar-refractivity contribution is 0.0383. The van der Waals surface area contributed by atoms with Crippen molar-refractivity contribution < 1.29 is 9.53 Å². The van der Waals surface area contributed by atoms with E-state index in [0.717, 1.165) is 49.6 Å². The molecule has 1 fully saturated rings. The number of carbonyl (C=O) groups is 1. The summed E-state index contributed by atoms with van der Waals surface area (Å²) in [5.41, 5.74) is 2.17. The van der Waals surface area contributed by atoms with E-state index in [0.29, 0.717) is 12.1 Å². The van der Waals surface area contributed by atoms with Crippen molar-refractivity contribution in [1.29, 1.82) is 0 Å². The second-order valence-electron chi connectivity index (χ2n) is 6.43. The molecule has 24 heavy (non-hydrogen) atoms. The second-order valence-corrected chi connectivity index (χ2v) is 6.43. The Hall–Kier alpha value is -1.99. The third kappa shape index (κ3) is 3.57. The SMILES string of the molecule is Cc1nc2c(cnn2C(C)C)cc1C(=O)NCCN1CCOCC1. The van der Waals surface area contributed by atoms with Gasteiger partial charge in [-0.05, 0) is 26.8 Å². The molecule has 0 aliphatic carbocycles. The minimum absolute atomic E-state index is 0.0764. The lowest BCUT2D eigenvalue weighted by Crippen LogP contribution is -2.41. The maximum atomic E-state index is 12.5. The molecule has 0 bridgehead atoms. The van der Waals surface area contributed by atoms with Gasteiger partial charge in [-0.3, -0.25) is 9.69 Å². The van der Waals surface area contributed by atoms with Crippen molar-refractivity contribution in [2.45, 2.75) is 26.8 Å². The first kappa shape index (κ1) is 16.9. The van der Waals surface area contributed by atoms with Crippen molar-refractivity contribution in [2.75, 3.05) is 39.4 Å². The lowest BCUT2D eigenvalue weighted by atomic mass is 10.1. The smallest absolute Gasteiger partial charge is 0.253 e. The molecule has 0 saturated carbocycles. The molecule has 0 atom stereocenters. The first-order chi connectivity index (χ1) is 11.6. The van der Waals surface area contributed by atoms with Crippen molar-refractivity contribution in [3.63, 3.8) is 0 Å². The third-order valence-corrected chi connectivity index (χ3v) is 4.31. The number of hydrogen-bond donors (Lipinski definition) is 1. The average Bonchev–Trinajstić information content (AvgIpc) is 2.98. The molecule has 3 rings (SSSR count). The van der Waals surface area contributed by atoms with Crippen LogP contribution in [0.15, 0.2) is 12.3 Å². The Bertz CT molecular complexity index is 719. The molecule has 1 N–H and O–H groups in total. The van der Waals surface area contributed by atoms with E-state index >= 15 is 0 Å². The van der Waals surface area contributed by atoms with Crippen LogP contribution in [0.5, 0.6) is 0 Å². The van der Waals surface area contributed by atoms with Gasteiger partial charge in [-0.1, -0.05) is 0 Å². The summed E-state index contributed by atoms with van der Waals surface area (Å²) < 4.78 is 7.20. The van der Waals surface area contributed by atoms with Gasteiger partial charge in [0.15, 0.2) is 5.65 Å². The molecule has 0 unspecified atom stereocenters. The van der Waals surface area contributed by atoms with Gasteiger partial charge in [0.1, 0.15) is 0 Å². The summed E-state index contributed by atoms with van der Waals surface area (Å²) in [7, 11) is 0.